The monoisotopic (exact) mass is 265 g/mol. The lowest BCUT2D eigenvalue weighted by Gasteiger charge is -2.16. The zero-order valence-electron chi connectivity index (χ0n) is 10.2. The first-order valence-corrected chi connectivity index (χ1v) is 6.86. The van der Waals surface area contributed by atoms with Crippen LogP contribution in [0.15, 0.2) is 18.2 Å². The molecule has 4 heteroatoms. The van der Waals surface area contributed by atoms with Gasteiger partial charge in [-0.1, -0.05) is 6.07 Å². The largest absolute Gasteiger partial charge is 0.372 e. The molecule has 0 saturated carbocycles. The van der Waals surface area contributed by atoms with Gasteiger partial charge in [-0.3, -0.25) is 4.79 Å². The number of hydrogen-bond donors (Lipinski definition) is 0. The van der Waals surface area contributed by atoms with Gasteiger partial charge in [0.1, 0.15) is 0 Å². The second-order valence-electron chi connectivity index (χ2n) is 5.04. The minimum Gasteiger partial charge on any atom is -0.372 e. The third kappa shape index (κ3) is 2.13. The predicted molar refractivity (Wildman–Crippen MR) is 69.7 cm³/mol. The molecule has 0 N–H and O–H groups in total. The van der Waals surface area contributed by atoms with Crippen LogP contribution in [0.1, 0.15) is 27.9 Å². The molecular formula is C14H16ClNO2. The van der Waals surface area contributed by atoms with Crippen molar-refractivity contribution in [2.24, 2.45) is 5.92 Å². The molecule has 1 fully saturated rings. The average molecular weight is 266 g/mol. The van der Waals surface area contributed by atoms with Crippen molar-refractivity contribution in [1.29, 1.82) is 0 Å². The molecule has 0 bridgehead atoms. The van der Waals surface area contributed by atoms with Crippen molar-refractivity contribution in [2.75, 3.05) is 19.0 Å². The van der Waals surface area contributed by atoms with Gasteiger partial charge < -0.3 is 9.64 Å². The molecule has 0 aliphatic carbocycles. The SMILES string of the molecule is O=C(c1ccc2c(c1)COC2)N1CCC(CCl)C1. The van der Waals surface area contributed by atoms with Crippen molar-refractivity contribution in [1.82, 2.24) is 4.90 Å². The number of rotatable bonds is 2. The van der Waals surface area contributed by atoms with Crippen LogP contribution in [0.5, 0.6) is 0 Å². The minimum absolute atomic E-state index is 0.123. The van der Waals surface area contributed by atoms with Crippen LogP contribution in [0.4, 0.5) is 0 Å². The van der Waals surface area contributed by atoms with Gasteiger partial charge in [0.25, 0.3) is 5.91 Å². The molecule has 1 unspecified atom stereocenters. The summed E-state index contributed by atoms with van der Waals surface area (Å²) in [6, 6.07) is 5.88. The smallest absolute Gasteiger partial charge is 0.253 e. The Hall–Kier alpha value is -1.06. The fourth-order valence-electron chi connectivity index (χ4n) is 2.63. The third-order valence-corrected chi connectivity index (χ3v) is 4.20. The van der Waals surface area contributed by atoms with Crippen molar-refractivity contribution >= 4 is 17.5 Å². The van der Waals surface area contributed by atoms with E-state index in [0.717, 1.165) is 30.6 Å². The standard InChI is InChI=1S/C14H16ClNO2/c15-6-10-3-4-16(7-10)14(17)11-1-2-12-8-18-9-13(12)5-11/h1-2,5,10H,3-4,6-9H2. The molecule has 3 nitrogen and oxygen atoms in total. The van der Waals surface area contributed by atoms with Crippen LogP contribution in [-0.2, 0) is 18.0 Å². The number of fused-ring (bicyclic) bond motifs is 1. The Morgan fingerprint density at radius 3 is 3.00 bits per heavy atom. The van der Waals surface area contributed by atoms with Gasteiger partial charge in [0.15, 0.2) is 0 Å². The Morgan fingerprint density at radius 2 is 2.22 bits per heavy atom. The van der Waals surface area contributed by atoms with E-state index >= 15 is 0 Å². The van der Waals surface area contributed by atoms with Crippen molar-refractivity contribution in [2.45, 2.75) is 19.6 Å². The van der Waals surface area contributed by atoms with E-state index in [-0.39, 0.29) is 5.91 Å². The van der Waals surface area contributed by atoms with Gasteiger partial charge in [-0.15, -0.1) is 11.6 Å². The van der Waals surface area contributed by atoms with E-state index in [1.54, 1.807) is 0 Å². The number of hydrogen-bond acceptors (Lipinski definition) is 2. The van der Waals surface area contributed by atoms with Crippen LogP contribution in [0, 0.1) is 5.92 Å². The first kappa shape index (κ1) is 12.0. The molecule has 1 aromatic rings. The normalized spacial score (nSPS) is 22.3. The van der Waals surface area contributed by atoms with Gasteiger partial charge in [0, 0.05) is 24.5 Å². The summed E-state index contributed by atoms with van der Waals surface area (Å²) in [6.45, 7) is 2.91. The maximum absolute atomic E-state index is 12.4. The van der Waals surface area contributed by atoms with Crippen LogP contribution >= 0.6 is 11.6 Å². The Balaban J connectivity index is 1.77. The number of amides is 1. The first-order chi connectivity index (χ1) is 8.78. The minimum atomic E-state index is 0.123. The zero-order valence-corrected chi connectivity index (χ0v) is 10.9. The van der Waals surface area contributed by atoms with E-state index in [1.807, 2.05) is 23.1 Å². The van der Waals surface area contributed by atoms with E-state index in [1.165, 1.54) is 5.56 Å². The van der Waals surface area contributed by atoms with Gasteiger partial charge in [-0.05, 0) is 35.6 Å². The highest BCUT2D eigenvalue weighted by molar-refractivity contribution is 6.18. The summed E-state index contributed by atoms with van der Waals surface area (Å²) in [5, 5.41) is 0. The van der Waals surface area contributed by atoms with Gasteiger partial charge >= 0.3 is 0 Å². The Morgan fingerprint density at radius 1 is 1.39 bits per heavy atom. The van der Waals surface area contributed by atoms with Crippen LogP contribution in [0.2, 0.25) is 0 Å². The molecule has 1 saturated heterocycles. The molecule has 1 atom stereocenters. The summed E-state index contributed by atoms with van der Waals surface area (Å²) in [7, 11) is 0. The molecule has 0 radical (unpaired) electrons. The lowest BCUT2D eigenvalue weighted by molar-refractivity contribution is 0.0788. The molecule has 18 heavy (non-hydrogen) atoms. The van der Waals surface area contributed by atoms with E-state index in [4.69, 9.17) is 16.3 Å². The zero-order chi connectivity index (χ0) is 12.5. The average Bonchev–Trinajstić information content (AvgIpc) is 3.05. The van der Waals surface area contributed by atoms with Gasteiger partial charge in [0.2, 0.25) is 0 Å². The van der Waals surface area contributed by atoms with Crippen LogP contribution in [-0.4, -0.2) is 29.8 Å². The van der Waals surface area contributed by atoms with E-state index < -0.39 is 0 Å². The van der Waals surface area contributed by atoms with E-state index in [2.05, 4.69) is 0 Å². The van der Waals surface area contributed by atoms with Crippen LogP contribution in [0.25, 0.3) is 0 Å². The van der Waals surface area contributed by atoms with Crippen molar-refractivity contribution in [3.63, 3.8) is 0 Å². The molecule has 2 heterocycles. The second kappa shape index (κ2) is 4.90. The fraction of sp³-hybridized carbons (Fsp3) is 0.500. The summed E-state index contributed by atoms with van der Waals surface area (Å²) in [6.07, 6.45) is 1.02. The predicted octanol–water partition coefficient (Wildman–Crippen LogP) is 2.42. The maximum atomic E-state index is 12.4. The maximum Gasteiger partial charge on any atom is 0.253 e. The molecule has 2 aliphatic heterocycles. The number of carbonyl (C=O) groups excluding carboxylic acids is 1. The summed E-state index contributed by atoms with van der Waals surface area (Å²) < 4.78 is 5.37. The Kier molecular flexibility index (Phi) is 3.27. The molecule has 2 aliphatic rings. The number of likely N-dealkylation sites (tertiary alicyclic amines) is 1. The number of alkyl halides is 1. The summed E-state index contributed by atoms with van der Waals surface area (Å²) >= 11 is 5.85. The lowest BCUT2D eigenvalue weighted by Crippen LogP contribution is -2.29. The highest BCUT2D eigenvalue weighted by Gasteiger charge is 2.26. The molecule has 1 amide bonds. The molecule has 96 valence electrons. The highest BCUT2D eigenvalue weighted by atomic mass is 35.5. The molecule has 1 aromatic carbocycles. The van der Waals surface area contributed by atoms with Crippen molar-refractivity contribution in [3.8, 4) is 0 Å². The van der Waals surface area contributed by atoms with Gasteiger partial charge in [0.05, 0.1) is 13.2 Å². The fourth-order valence-corrected chi connectivity index (χ4v) is 2.88. The topological polar surface area (TPSA) is 29.5 Å². The van der Waals surface area contributed by atoms with Gasteiger partial charge in [-0.2, -0.15) is 0 Å². The van der Waals surface area contributed by atoms with E-state index in [0.29, 0.717) is 25.0 Å². The number of benzene rings is 1. The number of halogens is 1. The third-order valence-electron chi connectivity index (χ3n) is 3.76. The van der Waals surface area contributed by atoms with Crippen LogP contribution in [0.3, 0.4) is 0 Å². The molecular weight excluding hydrogens is 250 g/mol. The number of nitrogens with zero attached hydrogens (tertiary/aromatic N) is 1. The summed E-state index contributed by atoms with van der Waals surface area (Å²) in [5.74, 6) is 1.22. The van der Waals surface area contributed by atoms with E-state index in [9.17, 15) is 4.79 Å². The number of ether oxygens (including phenoxy) is 1. The van der Waals surface area contributed by atoms with Crippen molar-refractivity contribution < 1.29 is 9.53 Å². The Bertz CT molecular complexity index is 475. The summed E-state index contributed by atoms with van der Waals surface area (Å²) in [4.78, 5) is 14.3. The quantitative estimate of drug-likeness (QED) is 0.769. The lowest BCUT2D eigenvalue weighted by atomic mass is 10.1. The molecule has 0 aromatic heterocycles. The van der Waals surface area contributed by atoms with Crippen molar-refractivity contribution in [3.05, 3.63) is 34.9 Å². The molecule has 0 spiro atoms. The van der Waals surface area contributed by atoms with Crippen LogP contribution < -0.4 is 0 Å². The summed E-state index contributed by atoms with van der Waals surface area (Å²) in [5.41, 5.74) is 3.12. The first-order valence-electron chi connectivity index (χ1n) is 6.32. The highest BCUT2D eigenvalue weighted by Crippen LogP contribution is 2.24. The second-order valence-corrected chi connectivity index (χ2v) is 5.35. The number of carbonyl (C=O) groups is 1. The van der Waals surface area contributed by atoms with Gasteiger partial charge in [-0.25, -0.2) is 0 Å². The Labute approximate surface area is 112 Å². The molecule has 3 rings (SSSR count).